The topological polar surface area (TPSA) is 93.9 Å². The average Bonchev–Trinajstić information content (AvgIpc) is 2.68. The van der Waals surface area contributed by atoms with Crippen molar-refractivity contribution in [3.63, 3.8) is 0 Å². The van der Waals surface area contributed by atoms with Gasteiger partial charge in [0, 0.05) is 18.7 Å². The Bertz CT molecular complexity index is 903. The number of benzene rings is 2. The van der Waals surface area contributed by atoms with Gasteiger partial charge >= 0.3 is 0 Å². The molecule has 0 aliphatic carbocycles. The number of nitrogens with two attached hydrogens (primary N) is 1. The van der Waals surface area contributed by atoms with Crippen molar-refractivity contribution in [2.75, 3.05) is 26.1 Å². The Morgan fingerprint density at radius 2 is 1.86 bits per heavy atom. The Hall–Kier alpha value is -2.77. The van der Waals surface area contributed by atoms with Crippen LogP contribution in [0.4, 0.5) is 5.69 Å². The lowest BCUT2D eigenvalue weighted by Gasteiger charge is -2.34. The number of nitrogens with zero attached hydrogens (tertiary/aromatic N) is 1. The van der Waals surface area contributed by atoms with Gasteiger partial charge in [0.15, 0.2) is 0 Å². The average molecular weight is 404 g/mol. The van der Waals surface area contributed by atoms with Crippen LogP contribution in [-0.4, -0.2) is 43.5 Å². The van der Waals surface area contributed by atoms with E-state index in [9.17, 15) is 9.59 Å². The lowest BCUT2D eigenvalue weighted by molar-refractivity contribution is -0.125. The van der Waals surface area contributed by atoms with Crippen LogP contribution in [0.15, 0.2) is 36.4 Å². The van der Waals surface area contributed by atoms with Gasteiger partial charge in [0.25, 0.3) is 0 Å². The number of nitrogens with one attached hydrogen (secondary N) is 1. The SMILES string of the molecule is COc1cc(NC(=O)CN2Cc3ccccc3C[C@H]2C(N)=O)c(OC)cc1Cl. The lowest BCUT2D eigenvalue weighted by atomic mass is 9.93. The number of primary amides is 1. The van der Waals surface area contributed by atoms with Crippen LogP contribution in [0.3, 0.4) is 0 Å². The summed E-state index contributed by atoms with van der Waals surface area (Å²) >= 11 is 6.10. The van der Waals surface area contributed by atoms with Crippen LogP contribution in [0.25, 0.3) is 0 Å². The van der Waals surface area contributed by atoms with Crippen LogP contribution in [0, 0.1) is 0 Å². The molecule has 0 saturated carbocycles. The zero-order valence-electron chi connectivity index (χ0n) is 15.7. The molecule has 0 bridgehead atoms. The number of fused-ring (bicyclic) bond motifs is 1. The Balaban J connectivity index is 1.78. The van der Waals surface area contributed by atoms with Crippen molar-refractivity contribution in [3.8, 4) is 11.5 Å². The summed E-state index contributed by atoms with van der Waals surface area (Å²) < 4.78 is 10.5. The van der Waals surface area contributed by atoms with Crippen molar-refractivity contribution >= 4 is 29.1 Å². The second kappa shape index (κ2) is 8.50. The molecule has 1 aliphatic rings. The van der Waals surface area contributed by atoms with Gasteiger partial charge in [0.1, 0.15) is 11.5 Å². The Morgan fingerprint density at radius 3 is 2.50 bits per heavy atom. The smallest absolute Gasteiger partial charge is 0.238 e. The molecule has 0 spiro atoms. The van der Waals surface area contributed by atoms with Crippen LogP contribution in [0.5, 0.6) is 11.5 Å². The summed E-state index contributed by atoms with van der Waals surface area (Å²) in [5.41, 5.74) is 8.17. The molecule has 2 aromatic rings. The number of hydrogen-bond acceptors (Lipinski definition) is 5. The van der Waals surface area contributed by atoms with Crippen LogP contribution in [0.2, 0.25) is 5.02 Å². The zero-order valence-corrected chi connectivity index (χ0v) is 16.5. The molecule has 0 radical (unpaired) electrons. The van der Waals surface area contributed by atoms with Gasteiger partial charge in [-0.2, -0.15) is 0 Å². The highest BCUT2D eigenvalue weighted by Gasteiger charge is 2.31. The molecule has 2 aromatic carbocycles. The van der Waals surface area contributed by atoms with E-state index in [1.807, 2.05) is 24.3 Å². The molecule has 7 nitrogen and oxygen atoms in total. The van der Waals surface area contributed by atoms with E-state index in [1.54, 1.807) is 17.0 Å². The summed E-state index contributed by atoms with van der Waals surface area (Å²) in [4.78, 5) is 26.4. The monoisotopic (exact) mass is 403 g/mol. The molecule has 1 heterocycles. The molecule has 3 rings (SSSR count). The van der Waals surface area contributed by atoms with Crippen molar-refractivity contribution in [3.05, 3.63) is 52.5 Å². The van der Waals surface area contributed by atoms with Crippen LogP contribution < -0.4 is 20.5 Å². The number of amides is 2. The van der Waals surface area contributed by atoms with E-state index in [2.05, 4.69) is 5.32 Å². The molecule has 0 saturated heterocycles. The highest BCUT2D eigenvalue weighted by atomic mass is 35.5. The zero-order chi connectivity index (χ0) is 20.3. The first-order valence-corrected chi connectivity index (χ1v) is 9.12. The second-order valence-corrected chi connectivity index (χ2v) is 6.94. The highest BCUT2D eigenvalue weighted by Crippen LogP contribution is 2.36. The molecule has 28 heavy (non-hydrogen) atoms. The van der Waals surface area contributed by atoms with Gasteiger partial charge in [-0.05, 0) is 17.5 Å². The van der Waals surface area contributed by atoms with Gasteiger partial charge in [-0.3, -0.25) is 14.5 Å². The van der Waals surface area contributed by atoms with E-state index in [0.717, 1.165) is 11.1 Å². The second-order valence-electron chi connectivity index (χ2n) is 6.53. The quantitative estimate of drug-likeness (QED) is 0.771. The number of carbonyl (C=O) groups is 2. The van der Waals surface area contributed by atoms with Crippen molar-refractivity contribution in [1.82, 2.24) is 4.90 Å². The maximum absolute atomic E-state index is 12.7. The molecule has 1 aliphatic heterocycles. The Labute approximate surface area is 168 Å². The molecular weight excluding hydrogens is 382 g/mol. The number of hydrogen-bond donors (Lipinski definition) is 2. The lowest BCUT2D eigenvalue weighted by Crippen LogP contribution is -2.50. The van der Waals surface area contributed by atoms with Crippen molar-refractivity contribution in [1.29, 1.82) is 0 Å². The number of rotatable bonds is 6. The molecule has 0 aromatic heterocycles. The first-order chi connectivity index (χ1) is 13.4. The molecule has 8 heteroatoms. The van der Waals surface area contributed by atoms with Gasteiger partial charge in [-0.15, -0.1) is 0 Å². The third-order valence-corrected chi connectivity index (χ3v) is 5.06. The molecule has 1 atom stereocenters. The Kier molecular flexibility index (Phi) is 6.06. The van der Waals surface area contributed by atoms with Crippen molar-refractivity contribution < 1.29 is 19.1 Å². The number of methoxy groups -OCH3 is 2. The standard InChI is InChI=1S/C20H22ClN3O4/c1-27-17-9-15(18(28-2)8-14(17)21)23-19(25)11-24-10-13-6-4-3-5-12(13)7-16(24)20(22)26/h3-6,8-9,16H,7,10-11H2,1-2H3,(H2,22,26)(H,23,25)/t16-/m0/s1. The fourth-order valence-corrected chi connectivity index (χ4v) is 3.59. The van der Waals surface area contributed by atoms with Gasteiger partial charge < -0.3 is 20.5 Å². The predicted octanol–water partition coefficient (Wildman–Crippen LogP) is 2.21. The number of ether oxygens (including phenoxy) is 2. The summed E-state index contributed by atoms with van der Waals surface area (Å²) in [5, 5.41) is 3.17. The third kappa shape index (κ3) is 4.21. The summed E-state index contributed by atoms with van der Waals surface area (Å²) in [7, 11) is 2.97. The maximum atomic E-state index is 12.7. The fourth-order valence-electron chi connectivity index (χ4n) is 3.36. The molecular formula is C20H22ClN3O4. The Morgan fingerprint density at radius 1 is 1.18 bits per heavy atom. The van der Waals surface area contributed by atoms with Gasteiger partial charge in [0.05, 0.1) is 37.5 Å². The molecule has 0 fully saturated rings. The van der Waals surface area contributed by atoms with E-state index in [4.69, 9.17) is 26.8 Å². The summed E-state index contributed by atoms with van der Waals surface area (Å²) in [6.45, 7) is 0.480. The number of anilines is 1. The minimum Gasteiger partial charge on any atom is -0.495 e. The van der Waals surface area contributed by atoms with Crippen LogP contribution >= 0.6 is 11.6 Å². The molecule has 0 unspecified atom stereocenters. The number of carbonyl (C=O) groups excluding carboxylic acids is 2. The van der Waals surface area contributed by atoms with E-state index in [1.165, 1.54) is 14.2 Å². The summed E-state index contributed by atoms with van der Waals surface area (Å²) in [6, 6.07) is 10.5. The van der Waals surface area contributed by atoms with Gasteiger partial charge in [-0.25, -0.2) is 0 Å². The number of halogens is 1. The third-order valence-electron chi connectivity index (χ3n) is 4.77. The van der Waals surface area contributed by atoms with Crippen LogP contribution in [0.1, 0.15) is 11.1 Å². The maximum Gasteiger partial charge on any atom is 0.238 e. The molecule has 148 valence electrons. The largest absolute Gasteiger partial charge is 0.495 e. The van der Waals surface area contributed by atoms with E-state index in [0.29, 0.717) is 35.2 Å². The normalized spacial score (nSPS) is 16.2. The molecule has 2 amide bonds. The highest BCUT2D eigenvalue weighted by molar-refractivity contribution is 6.32. The van der Waals surface area contributed by atoms with Gasteiger partial charge in [-0.1, -0.05) is 35.9 Å². The van der Waals surface area contributed by atoms with Crippen LogP contribution in [-0.2, 0) is 22.6 Å². The predicted molar refractivity (Wildman–Crippen MR) is 107 cm³/mol. The minimum atomic E-state index is -0.540. The van der Waals surface area contributed by atoms with E-state index >= 15 is 0 Å². The fraction of sp³-hybridized carbons (Fsp3) is 0.300. The first kappa shape index (κ1) is 20.0. The van der Waals surface area contributed by atoms with Crippen molar-refractivity contribution in [2.24, 2.45) is 5.73 Å². The van der Waals surface area contributed by atoms with Crippen molar-refractivity contribution in [2.45, 2.75) is 19.0 Å². The summed E-state index contributed by atoms with van der Waals surface area (Å²) in [6.07, 6.45) is 0.483. The van der Waals surface area contributed by atoms with E-state index < -0.39 is 11.9 Å². The van der Waals surface area contributed by atoms with E-state index in [-0.39, 0.29) is 12.5 Å². The minimum absolute atomic E-state index is 0.00996. The van der Waals surface area contributed by atoms with Gasteiger partial charge in [0.2, 0.25) is 11.8 Å². The summed E-state index contributed by atoms with van der Waals surface area (Å²) in [5.74, 6) is 0.0793. The first-order valence-electron chi connectivity index (χ1n) is 8.74. The molecule has 3 N–H and O–H groups in total.